The maximum absolute atomic E-state index is 12.1. The average molecular weight is 280 g/mol. The van der Waals surface area contributed by atoms with Crippen LogP contribution in [0.2, 0.25) is 0 Å². The van der Waals surface area contributed by atoms with E-state index in [4.69, 9.17) is 4.52 Å². The minimum absolute atomic E-state index is 0.147. The molecule has 1 atom stereocenters. The van der Waals surface area contributed by atoms with Crippen LogP contribution in [-0.2, 0) is 11.3 Å². The molecule has 0 bridgehead atoms. The number of nitrogens with zero attached hydrogens (tertiary/aromatic N) is 4. The number of rotatable bonds is 5. The Kier molecular flexibility index (Phi) is 5.11. The van der Waals surface area contributed by atoms with Crippen LogP contribution in [0.25, 0.3) is 0 Å². The minimum Gasteiger partial charge on any atom is -0.337 e. The molecule has 6 nitrogen and oxygen atoms in total. The molecule has 0 saturated carbocycles. The Morgan fingerprint density at radius 3 is 3.00 bits per heavy atom. The Morgan fingerprint density at radius 1 is 1.55 bits per heavy atom. The van der Waals surface area contributed by atoms with Crippen LogP contribution in [0.3, 0.4) is 0 Å². The number of hydrogen-bond acceptors (Lipinski definition) is 5. The van der Waals surface area contributed by atoms with Crippen LogP contribution in [0, 0.1) is 12.8 Å². The van der Waals surface area contributed by atoms with E-state index in [1.165, 1.54) is 19.4 Å². The van der Waals surface area contributed by atoms with Crippen molar-refractivity contribution in [2.45, 2.75) is 39.2 Å². The highest BCUT2D eigenvalue weighted by molar-refractivity contribution is 5.75. The van der Waals surface area contributed by atoms with Gasteiger partial charge in [-0.05, 0) is 45.7 Å². The Labute approximate surface area is 120 Å². The highest BCUT2D eigenvalue weighted by atomic mass is 16.5. The Hall–Kier alpha value is -1.43. The lowest BCUT2D eigenvalue weighted by Crippen LogP contribution is -2.33. The van der Waals surface area contributed by atoms with Crippen LogP contribution in [-0.4, -0.2) is 53.0 Å². The molecular weight excluding hydrogens is 256 g/mol. The van der Waals surface area contributed by atoms with Crippen molar-refractivity contribution in [2.75, 3.05) is 27.2 Å². The summed E-state index contributed by atoms with van der Waals surface area (Å²) in [6.45, 7) is 4.46. The molecule has 1 aromatic heterocycles. The lowest BCUT2D eigenvalue weighted by atomic mass is 9.93. The van der Waals surface area contributed by atoms with Gasteiger partial charge >= 0.3 is 0 Å². The molecule has 2 rings (SSSR count). The van der Waals surface area contributed by atoms with Crippen molar-refractivity contribution in [1.29, 1.82) is 0 Å². The predicted molar refractivity (Wildman–Crippen MR) is 75.0 cm³/mol. The summed E-state index contributed by atoms with van der Waals surface area (Å²) in [6, 6.07) is 0. The van der Waals surface area contributed by atoms with E-state index in [1.807, 2.05) is 0 Å². The first-order chi connectivity index (χ1) is 9.54. The fourth-order valence-electron chi connectivity index (χ4n) is 2.72. The van der Waals surface area contributed by atoms with Gasteiger partial charge in [-0.25, -0.2) is 0 Å². The number of carbonyl (C=O) groups excluding carboxylic acids is 1. The van der Waals surface area contributed by atoms with Crippen molar-refractivity contribution >= 4 is 5.91 Å². The van der Waals surface area contributed by atoms with E-state index < -0.39 is 0 Å². The van der Waals surface area contributed by atoms with Gasteiger partial charge < -0.3 is 14.3 Å². The number of carbonyl (C=O) groups is 1. The predicted octanol–water partition coefficient (Wildman–Crippen LogP) is 1.46. The summed E-state index contributed by atoms with van der Waals surface area (Å²) < 4.78 is 5.03. The molecule has 0 radical (unpaired) electrons. The second-order valence-corrected chi connectivity index (χ2v) is 5.79. The third-order valence-electron chi connectivity index (χ3n) is 3.86. The molecular formula is C14H24N4O2. The van der Waals surface area contributed by atoms with Crippen LogP contribution in [0.5, 0.6) is 0 Å². The fourth-order valence-corrected chi connectivity index (χ4v) is 2.72. The van der Waals surface area contributed by atoms with Crippen LogP contribution < -0.4 is 0 Å². The Balaban J connectivity index is 1.73. The highest BCUT2D eigenvalue weighted by Gasteiger charge is 2.19. The third-order valence-corrected chi connectivity index (χ3v) is 3.86. The van der Waals surface area contributed by atoms with Crippen LogP contribution in [0.4, 0.5) is 0 Å². The molecule has 0 spiro atoms. The van der Waals surface area contributed by atoms with Gasteiger partial charge in [-0.3, -0.25) is 4.79 Å². The summed E-state index contributed by atoms with van der Waals surface area (Å²) in [5.41, 5.74) is 0. The van der Waals surface area contributed by atoms with E-state index >= 15 is 0 Å². The van der Waals surface area contributed by atoms with E-state index in [-0.39, 0.29) is 5.91 Å². The first kappa shape index (κ1) is 15.0. The molecule has 0 aliphatic carbocycles. The van der Waals surface area contributed by atoms with E-state index in [9.17, 15) is 4.79 Å². The second kappa shape index (κ2) is 6.83. The van der Waals surface area contributed by atoms with Crippen LogP contribution in [0.1, 0.15) is 37.4 Å². The normalized spacial score (nSPS) is 20.1. The highest BCUT2D eigenvalue weighted by Crippen LogP contribution is 2.20. The number of aromatic nitrogens is 2. The van der Waals surface area contributed by atoms with E-state index in [0.29, 0.717) is 30.6 Å². The maximum atomic E-state index is 12.1. The number of amides is 1. The van der Waals surface area contributed by atoms with Crippen molar-refractivity contribution in [2.24, 2.45) is 5.92 Å². The van der Waals surface area contributed by atoms with Gasteiger partial charge in [-0.1, -0.05) is 5.16 Å². The molecule has 0 N–H and O–H groups in total. The van der Waals surface area contributed by atoms with E-state index in [2.05, 4.69) is 22.1 Å². The van der Waals surface area contributed by atoms with Gasteiger partial charge in [0.2, 0.25) is 11.8 Å². The zero-order chi connectivity index (χ0) is 14.5. The van der Waals surface area contributed by atoms with Crippen LogP contribution >= 0.6 is 0 Å². The van der Waals surface area contributed by atoms with Gasteiger partial charge in [-0.15, -0.1) is 0 Å². The second-order valence-electron chi connectivity index (χ2n) is 5.79. The Bertz CT molecular complexity index is 446. The molecule has 1 fully saturated rings. The van der Waals surface area contributed by atoms with Crippen molar-refractivity contribution in [3.63, 3.8) is 0 Å². The monoisotopic (exact) mass is 280 g/mol. The van der Waals surface area contributed by atoms with Crippen molar-refractivity contribution < 1.29 is 9.32 Å². The topological polar surface area (TPSA) is 62.5 Å². The SMILES string of the molecule is Cc1noc(CN(C)C(=O)CCC2CCCN(C)C2)n1. The molecule has 20 heavy (non-hydrogen) atoms. The van der Waals surface area contributed by atoms with Gasteiger partial charge in [0, 0.05) is 20.0 Å². The zero-order valence-corrected chi connectivity index (χ0v) is 12.6. The van der Waals surface area contributed by atoms with Gasteiger partial charge in [-0.2, -0.15) is 4.98 Å². The van der Waals surface area contributed by atoms with Gasteiger partial charge in [0.25, 0.3) is 0 Å². The maximum Gasteiger partial charge on any atom is 0.246 e. The number of aryl methyl sites for hydroxylation is 1. The summed E-state index contributed by atoms with van der Waals surface area (Å²) >= 11 is 0. The minimum atomic E-state index is 0.147. The van der Waals surface area contributed by atoms with Gasteiger partial charge in [0.05, 0.1) is 6.54 Å². The van der Waals surface area contributed by atoms with Gasteiger partial charge in [0.1, 0.15) is 0 Å². The number of hydrogen-bond donors (Lipinski definition) is 0. The van der Waals surface area contributed by atoms with Gasteiger partial charge in [0.15, 0.2) is 5.82 Å². The van der Waals surface area contributed by atoms with E-state index in [1.54, 1.807) is 18.9 Å². The summed E-state index contributed by atoms with van der Waals surface area (Å²) in [6.07, 6.45) is 4.05. The molecule has 2 heterocycles. The Morgan fingerprint density at radius 2 is 2.35 bits per heavy atom. The molecule has 1 aromatic rings. The third kappa shape index (κ3) is 4.30. The van der Waals surface area contributed by atoms with Crippen molar-refractivity contribution in [3.05, 3.63) is 11.7 Å². The molecule has 1 saturated heterocycles. The van der Waals surface area contributed by atoms with E-state index in [0.717, 1.165) is 13.0 Å². The lowest BCUT2D eigenvalue weighted by Gasteiger charge is -2.29. The van der Waals surface area contributed by atoms with Crippen molar-refractivity contribution in [1.82, 2.24) is 19.9 Å². The molecule has 1 aliphatic rings. The zero-order valence-electron chi connectivity index (χ0n) is 12.6. The average Bonchev–Trinajstić information content (AvgIpc) is 2.81. The lowest BCUT2D eigenvalue weighted by molar-refractivity contribution is -0.131. The number of likely N-dealkylation sites (tertiary alicyclic amines) is 1. The smallest absolute Gasteiger partial charge is 0.246 e. The molecule has 1 unspecified atom stereocenters. The first-order valence-corrected chi connectivity index (χ1v) is 7.26. The molecule has 0 aromatic carbocycles. The summed E-state index contributed by atoms with van der Waals surface area (Å²) in [4.78, 5) is 20.2. The standard InChI is InChI=1S/C14H24N4O2/c1-11-15-13(20-16-11)10-18(3)14(19)7-6-12-5-4-8-17(2)9-12/h12H,4-10H2,1-3H3. The van der Waals surface area contributed by atoms with Crippen molar-refractivity contribution in [3.8, 4) is 0 Å². The molecule has 1 aliphatic heterocycles. The molecule has 112 valence electrons. The molecule has 1 amide bonds. The molecule has 6 heteroatoms. The first-order valence-electron chi connectivity index (χ1n) is 7.26. The fraction of sp³-hybridized carbons (Fsp3) is 0.786. The summed E-state index contributed by atoms with van der Waals surface area (Å²) in [7, 11) is 3.94. The largest absolute Gasteiger partial charge is 0.337 e. The van der Waals surface area contributed by atoms with Crippen LogP contribution in [0.15, 0.2) is 4.52 Å². The quantitative estimate of drug-likeness (QED) is 0.817. The summed E-state index contributed by atoms with van der Waals surface area (Å²) in [5.74, 6) is 1.90. The number of piperidine rings is 1. The summed E-state index contributed by atoms with van der Waals surface area (Å²) in [5, 5.41) is 3.73.